The summed E-state index contributed by atoms with van der Waals surface area (Å²) in [4.78, 5) is 22.7. The molecule has 0 radical (unpaired) electrons. The molecule has 4 aromatic heterocycles. The van der Waals surface area contributed by atoms with Gasteiger partial charge in [0.15, 0.2) is 17.3 Å². The van der Waals surface area contributed by atoms with Crippen molar-refractivity contribution >= 4 is 38.6 Å². The number of pyridine rings is 1. The van der Waals surface area contributed by atoms with Crippen molar-refractivity contribution in [2.24, 2.45) is 0 Å². The van der Waals surface area contributed by atoms with Crippen LogP contribution in [-0.4, -0.2) is 38.0 Å². The maximum absolute atomic E-state index is 13.8. The topological polar surface area (TPSA) is 102 Å². The third-order valence-corrected chi connectivity index (χ3v) is 6.14. The summed E-state index contributed by atoms with van der Waals surface area (Å²) < 4.78 is 19.6. The van der Waals surface area contributed by atoms with Crippen LogP contribution in [0, 0.1) is 12.7 Å². The molecule has 0 saturated carbocycles. The Morgan fingerprint density at radius 2 is 1.97 bits per heavy atom. The number of nitrogens with zero attached hydrogens (tertiary/aromatic N) is 5. The molecule has 168 valence electrons. The molecule has 0 saturated heterocycles. The molecular formula is C23H22FN7OS. The Kier molecular flexibility index (Phi) is 6.18. The molecule has 0 bridgehead atoms. The third-order valence-electron chi connectivity index (χ3n) is 5.12. The van der Waals surface area contributed by atoms with Crippen molar-refractivity contribution < 1.29 is 8.81 Å². The van der Waals surface area contributed by atoms with E-state index in [0.29, 0.717) is 17.0 Å². The fraction of sp³-hybridized carbons (Fsp3) is 0.261. The number of hydrogen-bond acceptors (Lipinski definition) is 9. The summed E-state index contributed by atoms with van der Waals surface area (Å²) in [6.45, 7) is 3.80. The van der Waals surface area contributed by atoms with Crippen LogP contribution in [0.5, 0.6) is 0 Å². The van der Waals surface area contributed by atoms with E-state index in [1.165, 1.54) is 23.7 Å². The molecule has 0 fully saturated rings. The first kappa shape index (κ1) is 21.4. The molecule has 33 heavy (non-hydrogen) atoms. The Balaban J connectivity index is 1.15. The highest BCUT2D eigenvalue weighted by Gasteiger charge is 2.12. The van der Waals surface area contributed by atoms with Gasteiger partial charge in [-0.3, -0.25) is 4.98 Å². The smallest absolute Gasteiger partial charge is 0.196 e. The first-order valence-electron chi connectivity index (χ1n) is 10.7. The number of hydrogen-bond donors (Lipinski definition) is 2. The van der Waals surface area contributed by atoms with Gasteiger partial charge in [0.2, 0.25) is 0 Å². The zero-order chi connectivity index (χ0) is 22.6. The van der Waals surface area contributed by atoms with E-state index >= 15 is 0 Å². The van der Waals surface area contributed by atoms with Crippen LogP contribution in [-0.2, 0) is 19.4 Å². The number of nitrogens with one attached hydrogen (secondary N) is 2. The van der Waals surface area contributed by atoms with Gasteiger partial charge in [-0.25, -0.2) is 24.3 Å². The van der Waals surface area contributed by atoms with E-state index in [2.05, 4.69) is 35.6 Å². The molecule has 8 nitrogen and oxygen atoms in total. The van der Waals surface area contributed by atoms with E-state index in [1.54, 1.807) is 12.3 Å². The number of thiazole rings is 1. The molecule has 10 heteroatoms. The van der Waals surface area contributed by atoms with E-state index in [1.807, 2.05) is 25.1 Å². The van der Waals surface area contributed by atoms with Crippen LogP contribution in [0.2, 0.25) is 0 Å². The van der Waals surface area contributed by atoms with Gasteiger partial charge in [0.05, 0.1) is 17.2 Å². The van der Waals surface area contributed by atoms with Crippen LogP contribution in [0.25, 0.3) is 21.4 Å². The number of oxazole rings is 1. The molecule has 5 rings (SSSR count). The number of rotatable bonds is 9. The second kappa shape index (κ2) is 9.55. The minimum Gasteiger partial charge on any atom is -0.441 e. The number of benzene rings is 1. The van der Waals surface area contributed by atoms with Crippen LogP contribution >= 0.6 is 11.3 Å². The van der Waals surface area contributed by atoms with Gasteiger partial charge in [-0.05, 0) is 36.8 Å². The number of aromatic nitrogens is 5. The van der Waals surface area contributed by atoms with Gasteiger partial charge >= 0.3 is 0 Å². The molecule has 0 atom stereocenters. The summed E-state index contributed by atoms with van der Waals surface area (Å²) in [6, 6.07) is 8.98. The van der Waals surface area contributed by atoms with Crippen LogP contribution in [0.4, 0.5) is 10.2 Å². The highest BCUT2D eigenvalue weighted by atomic mass is 32.1. The SMILES string of the molecule is Cc1ccc2nc(CCNCCc3nc4c(NCc5ncccc5F)ncnc4s3)oc2c1. The van der Waals surface area contributed by atoms with Crippen molar-refractivity contribution in [3.05, 3.63) is 70.8 Å². The first-order valence-corrected chi connectivity index (χ1v) is 11.5. The summed E-state index contributed by atoms with van der Waals surface area (Å²) in [5, 5.41) is 7.50. The predicted molar refractivity (Wildman–Crippen MR) is 126 cm³/mol. The molecule has 0 unspecified atom stereocenters. The van der Waals surface area contributed by atoms with Crippen LogP contribution in [0.1, 0.15) is 22.2 Å². The average Bonchev–Trinajstić information content (AvgIpc) is 3.41. The Labute approximate surface area is 193 Å². The molecule has 1 aromatic carbocycles. The molecule has 0 amide bonds. The van der Waals surface area contributed by atoms with E-state index in [0.717, 1.165) is 58.3 Å². The number of halogens is 1. The standard InChI is InChI=1S/C23H22FN7OS/c1-14-4-5-16-18(11-14)32-19(30-16)6-9-25-10-7-20-31-21-22(28-13-29-23(21)33-20)27-12-17-15(24)3-2-8-26-17/h2-5,8,11,13,25H,6-7,9-10,12H2,1H3,(H,27,28,29). The Hall–Kier alpha value is -3.50. The van der Waals surface area contributed by atoms with Gasteiger partial charge in [0, 0.05) is 32.1 Å². The summed E-state index contributed by atoms with van der Waals surface area (Å²) in [6.07, 6.45) is 4.54. The lowest BCUT2D eigenvalue weighted by molar-refractivity contribution is 0.515. The normalized spacial score (nSPS) is 11.5. The van der Waals surface area contributed by atoms with E-state index in [-0.39, 0.29) is 12.4 Å². The number of fused-ring (bicyclic) bond motifs is 2. The van der Waals surface area contributed by atoms with Crippen molar-refractivity contribution in [3.63, 3.8) is 0 Å². The van der Waals surface area contributed by atoms with Gasteiger partial charge in [0.25, 0.3) is 0 Å². The van der Waals surface area contributed by atoms with Crippen molar-refractivity contribution in [3.8, 4) is 0 Å². The van der Waals surface area contributed by atoms with Gasteiger partial charge in [-0.2, -0.15) is 0 Å². The number of aryl methyl sites for hydroxylation is 1. The van der Waals surface area contributed by atoms with Gasteiger partial charge in [-0.15, -0.1) is 0 Å². The molecular weight excluding hydrogens is 441 g/mol. The average molecular weight is 464 g/mol. The lowest BCUT2D eigenvalue weighted by atomic mass is 10.2. The highest BCUT2D eigenvalue weighted by molar-refractivity contribution is 7.18. The maximum Gasteiger partial charge on any atom is 0.196 e. The fourth-order valence-corrected chi connectivity index (χ4v) is 4.35. The van der Waals surface area contributed by atoms with E-state index < -0.39 is 0 Å². The summed E-state index contributed by atoms with van der Waals surface area (Å²) in [7, 11) is 0. The lowest BCUT2D eigenvalue weighted by Crippen LogP contribution is -2.20. The molecule has 2 N–H and O–H groups in total. The Bertz CT molecular complexity index is 1400. The summed E-state index contributed by atoms with van der Waals surface area (Å²) in [5.74, 6) is 0.957. The molecule has 5 aromatic rings. The Morgan fingerprint density at radius 1 is 1.06 bits per heavy atom. The van der Waals surface area contributed by atoms with Crippen molar-refractivity contribution in [2.75, 3.05) is 18.4 Å². The molecule has 0 aliphatic heterocycles. The van der Waals surface area contributed by atoms with Gasteiger partial charge in [-0.1, -0.05) is 17.4 Å². The minimum absolute atomic E-state index is 0.225. The van der Waals surface area contributed by atoms with E-state index in [4.69, 9.17) is 4.42 Å². The molecule has 0 aliphatic carbocycles. The molecule has 4 heterocycles. The zero-order valence-electron chi connectivity index (χ0n) is 18.0. The minimum atomic E-state index is -0.353. The van der Waals surface area contributed by atoms with Crippen LogP contribution < -0.4 is 10.6 Å². The summed E-state index contributed by atoms with van der Waals surface area (Å²) >= 11 is 1.53. The quantitative estimate of drug-likeness (QED) is 0.316. The van der Waals surface area contributed by atoms with Crippen LogP contribution in [0.15, 0.2) is 47.3 Å². The second-order valence-corrected chi connectivity index (χ2v) is 8.66. The van der Waals surface area contributed by atoms with E-state index in [9.17, 15) is 4.39 Å². The van der Waals surface area contributed by atoms with Crippen molar-refractivity contribution in [2.45, 2.75) is 26.3 Å². The Morgan fingerprint density at radius 3 is 2.88 bits per heavy atom. The fourth-order valence-electron chi connectivity index (χ4n) is 3.45. The first-order chi connectivity index (χ1) is 16.2. The second-order valence-electron chi connectivity index (χ2n) is 7.60. The van der Waals surface area contributed by atoms with Crippen molar-refractivity contribution in [1.29, 1.82) is 0 Å². The van der Waals surface area contributed by atoms with Crippen LogP contribution in [0.3, 0.4) is 0 Å². The lowest BCUT2D eigenvalue weighted by Gasteiger charge is -2.05. The van der Waals surface area contributed by atoms with Crippen molar-refractivity contribution in [1.82, 2.24) is 30.2 Å². The monoisotopic (exact) mass is 463 g/mol. The summed E-state index contributed by atoms with van der Waals surface area (Å²) in [5.41, 5.74) is 3.90. The zero-order valence-corrected chi connectivity index (χ0v) is 18.8. The maximum atomic E-state index is 13.8. The largest absolute Gasteiger partial charge is 0.441 e. The molecule has 0 spiro atoms. The van der Waals surface area contributed by atoms with Gasteiger partial charge < -0.3 is 15.1 Å². The number of anilines is 1. The third kappa shape index (κ3) is 4.96. The molecule has 0 aliphatic rings. The highest BCUT2D eigenvalue weighted by Crippen LogP contribution is 2.25. The van der Waals surface area contributed by atoms with Gasteiger partial charge in [0.1, 0.15) is 28.0 Å². The predicted octanol–water partition coefficient (Wildman–Crippen LogP) is 4.06.